The number of amides is 1. The average Bonchev–Trinajstić information content (AvgIpc) is 2.77. The van der Waals surface area contributed by atoms with Gasteiger partial charge in [-0.25, -0.2) is 4.79 Å². The number of carbonyl (C=O) groups excluding carboxylic acids is 2. The summed E-state index contributed by atoms with van der Waals surface area (Å²) >= 11 is 0. The van der Waals surface area contributed by atoms with Crippen LogP contribution in [0.5, 0.6) is 0 Å². The lowest BCUT2D eigenvalue weighted by atomic mass is 10.5. The van der Waals surface area contributed by atoms with Crippen molar-refractivity contribution in [3.63, 3.8) is 0 Å². The quantitative estimate of drug-likeness (QED) is 0.629. The zero-order valence-corrected chi connectivity index (χ0v) is 7.29. The van der Waals surface area contributed by atoms with E-state index in [4.69, 9.17) is 0 Å². The third-order valence-electron chi connectivity index (χ3n) is 1.85. The molecule has 0 radical (unpaired) electrons. The van der Waals surface area contributed by atoms with Crippen LogP contribution >= 0.6 is 0 Å². The van der Waals surface area contributed by atoms with Crippen molar-refractivity contribution in [2.45, 2.75) is 0 Å². The molecule has 0 atom stereocenters. The van der Waals surface area contributed by atoms with E-state index in [2.05, 4.69) is 15.0 Å². The van der Waals surface area contributed by atoms with Gasteiger partial charge in [0, 0.05) is 0 Å². The Morgan fingerprint density at radius 3 is 3.07 bits per heavy atom. The van der Waals surface area contributed by atoms with Crippen LogP contribution in [0.25, 0.3) is 0 Å². The van der Waals surface area contributed by atoms with E-state index in [0.29, 0.717) is 13.2 Å². The molecule has 7 heteroatoms. The molecule has 0 N–H and O–H groups in total. The zero-order valence-electron chi connectivity index (χ0n) is 7.29. The van der Waals surface area contributed by atoms with Gasteiger partial charge in [0.1, 0.15) is 13.2 Å². The third kappa shape index (κ3) is 1.56. The molecule has 0 unspecified atom stereocenters. The number of cyclic esters (lactones) is 1. The van der Waals surface area contributed by atoms with Crippen molar-refractivity contribution in [1.82, 2.24) is 19.9 Å². The van der Waals surface area contributed by atoms with Crippen LogP contribution < -0.4 is 0 Å². The lowest BCUT2D eigenvalue weighted by Crippen LogP contribution is -2.33. The second-order valence-electron chi connectivity index (χ2n) is 2.78. The SMILES string of the molecule is O=C1OCCN1CC(=O)n1ccnn1. The van der Waals surface area contributed by atoms with E-state index in [9.17, 15) is 9.59 Å². The summed E-state index contributed by atoms with van der Waals surface area (Å²) in [6.07, 6.45) is 2.38. The highest BCUT2D eigenvalue weighted by Gasteiger charge is 2.24. The number of ether oxygens (including phenoxy) is 1. The van der Waals surface area contributed by atoms with Gasteiger partial charge in [0.05, 0.1) is 18.9 Å². The Morgan fingerprint density at radius 2 is 2.50 bits per heavy atom. The molecule has 1 aliphatic rings. The van der Waals surface area contributed by atoms with Gasteiger partial charge in [0.25, 0.3) is 5.91 Å². The number of hydrogen-bond acceptors (Lipinski definition) is 5. The molecule has 0 bridgehead atoms. The Labute approximate surface area is 79.2 Å². The van der Waals surface area contributed by atoms with Crippen LogP contribution in [-0.2, 0) is 4.74 Å². The summed E-state index contributed by atoms with van der Waals surface area (Å²) in [5.41, 5.74) is 0. The zero-order chi connectivity index (χ0) is 9.97. The fourth-order valence-corrected chi connectivity index (χ4v) is 1.15. The van der Waals surface area contributed by atoms with Crippen LogP contribution in [0, 0.1) is 0 Å². The largest absolute Gasteiger partial charge is 0.448 e. The summed E-state index contributed by atoms with van der Waals surface area (Å²) in [6.45, 7) is 0.755. The molecule has 0 aromatic carbocycles. The van der Waals surface area contributed by atoms with Crippen molar-refractivity contribution in [1.29, 1.82) is 0 Å². The number of rotatable bonds is 2. The predicted molar refractivity (Wildman–Crippen MR) is 43.6 cm³/mol. The normalized spacial score (nSPS) is 15.7. The lowest BCUT2D eigenvalue weighted by Gasteiger charge is -2.09. The first kappa shape index (κ1) is 8.67. The van der Waals surface area contributed by atoms with Crippen molar-refractivity contribution < 1.29 is 14.3 Å². The number of hydrogen-bond donors (Lipinski definition) is 0. The predicted octanol–water partition coefficient (Wildman–Crippen LogP) is -0.630. The molecule has 74 valence electrons. The lowest BCUT2D eigenvalue weighted by molar-refractivity contribution is 0.0845. The molecule has 1 aliphatic heterocycles. The molecule has 1 amide bonds. The van der Waals surface area contributed by atoms with E-state index < -0.39 is 6.09 Å². The van der Waals surface area contributed by atoms with E-state index >= 15 is 0 Å². The van der Waals surface area contributed by atoms with E-state index in [0.717, 1.165) is 4.68 Å². The molecule has 0 aliphatic carbocycles. The van der Waals surface area contributed by atoms with Gasteiger partial charge in [-0.05, 0) is 0 Å². The third-order valence-corrected chi connectivity index (χ3v) is 1.85. The van der Waals surface area contributed by atoms with Crippen molar-refractivity contribution in [3.05, 3.63) is 12.4 Å². The van der Waals surface area contributed by atoms with Crippen LogP contribution in [0.4, 0.5) is 4.79 Å². The molecule has 1 saturated heterocycles. The molecule has 2 rings (SSSR count). The Hall–Kier alpha value is -1.92. The van der Waals surface area contributed by atoms with Crippen molar-refractivity contribution in [2.75, 3.05) is 19.7 Å². The van der Waals surface area contributed by atoms with E-state index in [-0.39, 0.29) is 12.5 Å². The molecule has 1 aromatic rings. The van der Waals surface area contributed by atoms with Crippen LogP contribution in [-0.4, -0.2) is 51.6 Å². The Balaban J connectivity index is 1.98. The Morgan fingerprint density at radius 1 is 1.64 bits per heavy atom. The fraction of sp³-hybridized carbons (Fsp3) is 0.429. The second-order valence-corrected chi connectivity index (χ2v) is 2.78. The molecular weight excluding hydrogens is 188 g/mol. The highest BCUT2D eigenvalue weighted by atomic mass is 16.6. The van der Waals surface area contributed by atoms with Crippen molar-refractivity contribution in [2.24, 2.45) is 0 Å². The van der Waals surface area contributed by atoms with Gasteiger partial charge in [-0.3, -0.25) is 9.69 Å². The van der Waals surface area contributed by atoms with Gasteiger partial charge in [0.15, 0.2) is 0 Å². The highest BCUT2D eigenvalue weighted by Crippen LogP contribution is 2.02. The van der Waals surface area contributed by atoms with Crippen LogP contribution in [0.3, 0.4) is 0 Å². The second kappa shape index (κ2) is 3.44. The van der Waals surface area contributed by atoms with E-state index in [1.807, 2.05) is 0 Å². The molecule has 1 aromatic heterocycles. The van der Waals surface area contributed by atoms with Crippen molar-refractivity contribution in [3.8, 4) is 0 Å². The maximum absolute atomic E-state index is 11.4. The summed E-state index contributed by atoms with van der Waals surface area (Å²) in [6, 6.07) is 0. The topological polar surface area (TPSA) is 77.3 Å². The smallest absolute Gasteiger partial charge is 0.410 e. The Kier molecular flexibility index (Phi) is 2.13. The van der Waals surface area contributed by atoms with Gasteiger partial charge in [0.2, 0.25) is 0 Å². The number of aromatic nitrogens is 3. The minimum atomic E-state index is -0.460. The fourth-order valence-electron chi connectivity index (χ4n) is 1.15. The van der Waals surface area contributed by atoms with Crippen molar-refractivity contribution >= 4 is 12.0 Å². The van der Waals surface area contributed by atoms with Gasteiger partial charge in [-0.2, -0.15) is 4.68 Å². The minimum absolute atomic E-state index is 0.0256. The number of nitrogens with zero attached hydrogens (tertiary/aromatic N) is 4. The molecule has 1 fully saturated rings. The molecule has 0 spiro atoms. The van der Waals surface area contributed by atoms with E-state index in [1.54, 1.807) is 0 Å². The first-order chi connectivity index (χ1) is 6.77. The maximum atomic E-state index is 11.4. The molecule has 2 heterocycles. The van der Waals surface area contributed by atoms with Crippen LogP contribution in [0.15, 0.2) is 12.4 Å². The Bertz CT molecular complexity index is 348. The first-order valence-electron chi connectivity index (χ1n) is 4.08. The summed E-state index contributed by atoms with van der Waals surface area (Å²) in [7, 11) is 0. The van der Waals surface area contributed by atoms with Crippen LogP contribution in [0.2, 0.25) is 0 Å². The van der Waals surface area contributed by atoms with Gasteiger partial charge in [-0.15, -0.1) is 5.10 Å². The standard InChI is InChI=1S/C7H8N4O3/c12-6(11-2-1-8-9-11)5-10-3-4-14-7(10)13/h1-2H,3-5H2. The minimum Gasteiger partial charge on any atom is -0.448 e. The molecule has 0 saturated carbocycles. The summed E-state index contributed by atoms with van der Waals surface area (Å²) in [5, 5.41) is 7.02. The highest BCUT2D eigenvalue weighted by molar-refractivity contribution is 5.83. The maximum Gasteiger partial charge on any atom is 0.410 e. The molecular formula is C7H8N4O3. The van der Waals surface area contributed by atoms with Crippen LogP contribution in [0.1, 0.15) is 4.79 Å². The molecule has 14 heavy (non-hydrogen) atoms. The van der Waals surface area contributed by atoms with E-state index in [1.165, 1.54) is 17.3 Å². The van der Waals surface area contributed by atoms with Gasteiger partial charge >= 0.3 is 6.09 Å². The van der Waals surface area contributed by atoms with Gasteiger partial charge < -0.3 is 4.74 Å². The summed E-state index contributed by atoms with van der Waals surface area (Å²) in [4.78, 5) is 23.7. The summed E-state index contributed by atoms with van der Waals surface area (Å²) in [5.74, 6) is -0.304. The molecule has 7 nitrogen and oxygen atoms in total. The summed E-state index contributed by atoms with van der Waals surface area (Å²) < 4.78 is 5.76. The monoisotopic (exact) mass is 196 g/mol. The average molecular weight is 196 g/mol. The number of carbonyl (C=O) groups is 2. The first-order valence-corrected chi connectivity index (χ1v) is 4.08. The van der Waals surface area contributed by atoms with Gasteiger partial charge in [-0.1, -0.05) is 5.21 Å².